The van der Waals surface area contributed by atoms with E-state index in [-0.39, 0.29) is 0 Å². The number of halogens is 1. The first-order chi connectivity index (χ1) is 5.96. The van der Waals surface area contributed by atoms with Gasteiger partial charge in [-0.1, -0.05) is 10.8 Å². The summed E-state index contributed by atoms with van der Waals surface area (Å²) >= 11 is 0. The van der Waals surface area contributed by atoms with Gasteiger partial charge in [0, 0.05) is 6.54 Å². The van der Waals surface area contributed by atoms with Crippen molar-refractivity contribution in [3.05, 3.63) is 5.82 Å². The fourth-order valence-corrected chi connectivity index (χ4v) is 1.65. The molecule has 0 amide bonds. The van der Waals surface area contributed by atoms with Gasteiger partial charge < -0.3 is 0 Å². The molecule has 0 aliphatic carbocycles. The number of hydrogen-bond donors (Lipinski definition) is 0. The van der Waals surface area contributed by atoms with Crippen molar-refractivity contribution in [3.63, 3.8) is 0 Å². The standard InChI is InChI=1S/C6H10FN3O2S/c1-3-4-10-5(2)8-9-6(10)13(7,11)12/h3-4H2,1-2H3. The second-order valence-corrected chi connectivity index (χ2v) is 3.86. The molecule has 0 unspecified atom stereocenters. The van der Waals surface area contributed by atoms with Crippen LogP contribution in [0, 0.1) is 6.92 Å². The van der Waals surface area contributed by atoms with Crippen LogP contribution in [-0.4, -0.2) is 23.2 Å². The van der Waals surface area contributed by atoms with Gasteiger partial charge in [0.15, 0.2) is 0 Å². The van der Waals surface area contributed by atoms with Gasteiger partial charge in [-0.3, -0.25) is 4.57 Å². The van der Waals surface area contributed by atoms with E-state index in [4.69, 9.17) is 0 Å². The summed E-state index contributed by atoms with van der Waals surface area (Å²) in [6.07, 6.45) is 0.696. The Morgan fingerprint density at radius 2 is 2.08 bits per heavy atom. The zero-order chi connectivity index (χ0) is 10.1. The number of aromatic nitrogens is 3. The van der Waals surface area contributed by atoms with Crippen LogP contribution in [0.1, 0.15) is 19.2 Å². The lowest BCUT2D eigenvalue weighted by atomic mass is 10.5. The zero-order valence-electron chi connectivity index (χ0n) is 7.36. The highest BCUT2D eigenvalue weighted by Crippen LogP contribution is 2.11. The molecule has 0 N–H and O–H groups in total. The molecule has 0 aromatic carbocycles. The van der Waals surface area contributed by atoms with Crippen molar-refractivity contribution in [2.75, 3.05) is 0 Å². The highest BCUT2D eigenvalue weighted by atomic mass is 32.3. The summed E-state index contributed by atoms with van der Waals surface area (Å²) < 4.78 is 34.9. The van der Waals surface area contributed by atoms with Crippen molar-refractivity contribution < 1.29 is 12.3 Å². The quantitative estimate of drug-likeness (QED) is 0.683. The van der Waals surface area contributed by atoms with E-state index in [0.29, 0.717) is 18.8 Å². The van der Waals surface area contributed by atoms with Crippen LogP contribution in [0.5, 0.6) is 0 Å². The maximum atomic E-state index is 12.6. The lowest BCUT2D eigenvalue weighted by Gasteiger charge is -2.02. The Hall–Kier alpha value is -0.980. The smallest absolute Gasteiger partial charge is 0.300 e. The van der Waals surface area contributed by atoms with Gasteiger partial charge in [-0.2, -0.15) is 8.42 Å². The van der Waals surface area contributed by atoms with E-state index in [1.54, 1.807) is 6.92 Å². The molecule has 1 heterocycles. The second-order valence-electron chi connectivity index (χ2n) is 2.62. The molecule has 0 radical (unpaired) electrons. The lowest BCUT2D eigenvalue weighted by Crippen LogP contribution is -2.08. The summed E-state index contributed by atoms with van der Waals surface area (Å²) in [5.74, 6) is 0.401. The molecule has 0 fully saturated rings. The normalized spacial score (nSPS) is 11.9. The Morgan fingerprint density at radius 1 is 1.46 bits per heavy atom. The molecule has 5 nitrogen and oxygen atoms in total. The number of rotatable bonds is 3. The minimum atomic E-state index is -4.75. The molecule has 0 aliphatic heterocycles. The van der Waals surface area contributed by atoms with E-state index in [9.17, 15) is 12.3 Å². The molecule has 74 valence electrons. The summed E-state index contributed by atoms with van der Waals surface area (Å²) in [5, 5.41) is 6.15. The van der Waals surface area contributed by atoms with Crippen LogP contribution < -0.4 is 0 Å². The molecule has 1 aromatic heterocycles. The largest absolute Gasteiger partial charge is 0.368 e. The van der Waals surface area contributed by atoms with Gasteiger partial charge >= 0.3 is 10.2 Å². The van der Waals surface area contributed by atoms with Gasteiger partial charge in [0.2, 0.25) is 0 Å². The highest BCUT2D eigenvalue weighted by molar-refractivity contribution is 7.86. The number of nitrogens with zero attached hydrogens (tertiary/aromatic N) is 3. The molecule has 7 heteroatoms. The molecule has 0 saturated heterocycles. The van der Waals surface area contributed by atoms with Crippen molar-refractivity contribution in [1.29, 1.82) is 0 Å². The maximum absolute atomic E-state index is 12.6. The topological polar surface area (TPSA) is 64.8 Å². The van der Waals surface area contributed by atoms with Gasteiger partial charge in [0.25, 0.3) is 5.16 Å². The molecule has 1 aromatic rings. The van der Waals surface area contributed by atoms with Gasteiger partial charge in [-0.25, -0.2) is 0 Å². The van der Waals surface area contributed by atoms with Crippen LogP contribution in [0.2, 0.25) is 0 Å². The van der Waals surface area contributed by atoms with Crippen molar-refractivity contribution in [1.82, 2.24) is 14.8 Å². The Balaban J connectivity index is 3.23. The average Bonchev–Trinajstić information content (AvgIpc) is 2.32. The predicted octanol–water partition coefficient (Wildman–Crippen LogP) is 0.655. The monoisotopic (exact) mass is 207 g/mol. The fourth-order valence-electron chi connectivity index (χ4n) is 1.02. The third-order valence-corrected chi connectivity index (χ3v) is 2.31. The number of aryl methyl sites for hydroxylation is 1. The van der Waals surface area contributed by atoms with E-state index >= 15 is 0 Å². The SMILES string of the molecule is CCCn1c(C)nnc1S(=O)(=O)F. The van der Waals surface area contributed by atoms with Crippen LogP contribution in [-0.2, 0) is 16.8 Å². The van der Waals surface area contributed by atoms with E-state index in [0.717, 1.165) is 0 Å². The molecule has 1 rings (SSSR count). The predicted molar refractivity (Wildman–Crippen MR) is 43.3 cm³/mol. The molecule has 0 bridgehead atoms. The molecule has 0 aliphatic rings. The van der Waals surface area contributed by atoms with Crippen LogP contribution in [0.4, 0.5) is 3.89 Å². The summed E-state index contributed by atoms with van der Waals surface area (Å²) in [6.45, 7) is 3.84. The second kappa shape index (κ2) is 3.41. The summed E-state index contributed by atoms with van der Waals surface area (Å²) in [6, 6.07) is 0. The van der Waals surface area contributed by atoms with E-state index in [1.807, 2.05) is 6.92 Å². The Kier molecular flexibility index (Phi) is 2.65. The fraction of sp³-hybridized carbons (Fsp3) is 0.667. The minimum absolute atomic E-state index is 0.400. The molecular weight excluding hydrogens is 197 g/mol. The van der Waals surface area contributed by atoms with Crippen molar-refractivity contribution in [2.45, 2.75) is 32.0 Å². The van der Waals surface area contributed by atoms with E-state index in [1.165, 1.54) is 4.57 Å². The minimum Gasteiger partial charge on any atom is -0.300 e. The van der Waals surface area contributed by atoms with Crippen LogP contribution in [0.3, 0.4) is 0 Å². The van der Waals surface area contributed by atoms with Crippen LogP contribution in [0.15, 0.2) is 5.16 Å². The van der Waals surface area contributed by atoms with E-state index < -0.39 is 15.4 Å². The molecule has 13 heavy (non-hydrogen) atoms. The lowest BCUT2D eigenvalue weighted by molar-refractivity contribution is 0.516. The van der Waals surface area contributed by atoms with Crippen LogP contribution in [0.25, 0.3) is 0 Å². The molecular formula is C6H10FN3O2S. The summed E-state index contributed by atoms with van der Waals surface area (Å²) in [7, 11) is -4.75. The Labute approximate surface area is 75.8 Å². The first kappa shape index (κ1) is 10.1. The van der Waals surface area contributed by atoms with Crippen molar-refractivity contribution in [2.24, 2.45) is 0 Å². The molecule has 0 atom stereocenters. The average molecular weight is 207 g/mol. The summed E-state index contributed by atoms with van der Waals surface area (Å²) in [5.41, 5.74) is 0. The van der Waals surface area contributed by atoms with Crippen molar-refractivity contribution in [3.8, 4) is 0 Å². The molecule has 0 saturated carbocycles. The summed E-state index contributed by atoms with van der Waals surface area (Å²) in [4.78, 5) is 0. The van der Waals surface area contributed by atoms with E-state index in [2.05, 4.69) is 10.2 Å². The van der Waals surface area contributed by atoms with Crippen molar-refractivity contribution >= 4 is 10.2 Å². The maximum Gasteiger partial charge on any atom is 0.368 e. The first-order valence-corrected chi connectivity index (χ1v) is 5.19. The third kappa shape index (κ3) is 2.03. The molecule has 0 spiro atoms. The van der Waals surface area contributed by atoms with Gasteiger partial charge in [0.05, 0.1) is 0 Å². The third-order valence-electron chi connectivity index (χ3n) is 1.57. The highest BCUT2D eigenvalue weighted by Gasteiger charge is 2.21. The van der Waals surface area contributed by atoms with Gasteiger partial charge in [-0.15, -0.1) is 10.2 Å². The Bertz CT molecular complexity index is 398. The zero-order valence-corrected chi connectivity index (χ0v) is 8.18. The number of hydrogen-bond acceptors (Lipinski definition) is 4. The van der Waals surface area contributed by atoms with Gasteiger partial charge in [-0.05, 0) is 13.3 Å². The van der Waals surface area contributed by atoms with Gasteiger partial charge in [0.1, 0.15) is 5.82 Å². The first-order valence-electron chi connectivity index (χ1n) is 3.81. The van der Waals surface area contributed by atoms with Crippen LogP contribution >= 0.6 is 0 Å². The Morgan fingerprint density at radius 3 is 2.54 bits per heavy atom.